The van der Waals surface area contributed by atoms with E-state index < -0.39 is 0 Å². The van der Waals surface area contributed by atoms with Crippen LogP contribution in [0.1, 0.15) is 25.0 Å². The second-order valence-electron chi connectivity index (χ2n) is 3.56. The summed E-state index contributed by atoms with van der Waals surface area (Å²) in [6.45, 7) is 4.89. The van der Waals surface area contributed by atoms with Crippen LogP contribution < -0.4 is 15.2 Å². The number of aliphatic imine (C=N–C) groups is 1. The van der Waals surface area contributed by atoms with E-state index in [1.54, 1.807) is 12.1 Å². The van der Waals surface area contributed by atoms with E-state index in [4.69, 9.17) is 20.6 Å². The average Bonchev–Trinajstić information content (AvgIpc) is 2.56. The van der Waals surface area contributed by atoms with Crippen molar-refractivity contribution in [2.24, 2.45) is 10.7 Å². The third-order valence-corrected chi connectivity index (χ3v) is 2.43. The molecule has 90 valence electrons. The molecular weight excluding hydrogens is 218 g/mol. The molecule has 3 N–H and O–H groups in total. The Kier molecular flexibility index (Phi) is 2.99. The zero-order valence-corrected chi connectivity index (χ0v) is 9.91. The molecule has 0 radical (unpaired) electrons. The van der Waals surface area contributed by atoms with E-state index >= 15 is 0 Å². The quantitative estimate of drug-likeness (QED) is 0.827. The SMILES string of the molecule is CCOc1cc(OCC)c2c(c1)C(N)=NC2=N. The van der Waals surface area contributed by atoms with Crippen molar-refractivity contribution in [3.05, 3.63) is 23.3 Å². The van der Waals surface area contributed by atoms with Crippen LogP contribution in [0.2, 0.25) is 0 Å². The molecule has 1 aromatic carbocycles. The molecule has 0 saturated carbocycles. The Morgan fingerprint density at radius 2 is 1.94 bits per heavy atom. The minimum absolute atomic E-state index is 0.143. The lowest BCUT2D eigenvalue weighted by Gasteiger charge is -2.12. The molecule has 0 saturated heterocycles. The highest BCUT2D eigenvalue weighted by Crippen LogP contribution is 2.32. The predicted molar refractivity (Wildman–Crippen MR) is 66.3 cm³/mol. The second kappa shape index (κ2) is 4.45. The molecule has 0 bridgehead atoms. The first-order chi connectivity index (χ1) is 8.17. The molecule has 0 spiro atoms. The minimum atomic E-state index is 0.143. The summed E-state index contributed by atoms with van der Waals surface area (Å²) in [4.78, 5) is 3.94. The molecule has 5 heteroatoms. The molecule has 0 unspecified atom stereocenters. The largest absolute Gasteiger partial charge is 0.494 e. The normalized spacial score (nSPS) is 13.3. The summed E-state index contributed by atoms with van der Waals surface area (Å²) in [5.74, 6) is 1.77. The number of nitrogens with one attached hydrogen (secondary N) is 1. The minimum Gasteiger partial charge on any atom is -0.494 e. The fourth-order valence-electron chi connectivity index (χ4n) is 1.79. The molecule has 1 heterocycles. The number of nitrogens with two attached hydrogens (primary N) is 1. The highest BCUT2D eigenvalue weighted by molar-refractivity contribution is 6.22. The summed E-state index contributed by atoms with van der Waals surface area (Å²) in [5.41, 5.74) is 7.12. The van der Waals surface area contributed by atoms with Gasteiger partial charge in [-0.2, -0.15) is 0 Å². The van der Waals surface area contributed by atoms with Gasteiger partial charge >= 0.3 is 0 Å². The Labute approximate surface area is 99.8 Å². The first-order valence-corrected chi connectivity index (χ1v) is 5.54. The third-order valence-electron chi connectivity index (χ3n) is 2.43. The van der Waals surface area contributed by atoms with Gasteiger partial charge in [0.2, 0.25) is 0 Å². The molecule has 0 fully saturated rings. The van der Waals surface area contributed by atoms with E-state index in [0.29, 0.717) is 41.7 Å². The number of ether oxygens (including phenoxy) is 2. The van der Waals surface area contributed by atoms with E-state index in [0.717, 1.165) is 0 Å². The molecule has 0 amide bonds. The number of nitrogens with zero attached hydrogens (tertiary/aromatic N) is 1. The second-order valence-corrected chi connectivity index (χ2v) is 3.56. The van der Waals surface area contributed by atoms with Gasteiger partial charge in [0.1, 0.15) is 17.3 Å². The molecule has 0 aliphatic carbocycles. The van der Waals surface area contributed by atoms with Gasteiger partial charge in [-0.15, -0.1) is 0 Å². The summed E-state index contributed by atoms with van der Waals surface area (Å²) in [5, 5.41) is 7.76. The van der Waals surface area contributed by atoms with Gasteiger partial charge in [0, 0.05) is 11.6 Å². The Balaban J connectivity index is 2.53. The smallest absolute Gasteiger partial charge is 0.158 e. The van der Waals surface area contributed by atoms with E-state index in [2.05, 4.69) is 4.99 Å². The van der Waals surface area contributed by atoms with Crippen molar-refractivity contribution in [3.8, 4) is 11.5 Å². The fourth-order valence-corrected chi connectivity index (χ4v) is 1.79. The summed E-state index contributed by atoms with van der Waals surface area (Å²) < 4.78 is 10.9. The van der Waals surface area contributed by atoms with Crippen molar-refractivity contribution in [1.29, 1.82) is 5.41 Å². The van der Waals surface area contributed by atoms with Crippen LogP contribution in [0.25, 0.3) is 0 Å². The van der Waals surface area contributed by atoms with Crippen LogP contribution in [0, 0.1) is 5.41 Å². The number of hydrogen-bond acceptors (Lipinski definition) is 4. The number of amidine groups is 2. The maximum Gasteiger partial charge on any atom is 0.158 e. The topological polar surface area (TPSA) is 80.7 Å². The van der Waals surface area contributed by atoms with Crippen LogP contribution in [0.5, 0.6) is 11.5 Å². The maximum atomic E-state index is 7.76. The molecule has 1 aliphatic rings. The number of hydrogen-bond donors (Lipinski definition) is 2. The van der Waals surface area contributed by atoms with Gasteiger partial charge in [-0.25, -0.2) is 4.99 Å². The Morgan fingerprint density at radius 3 is 2.59 bits per heavy atom. The summed E-state index contributed by atoms with van der Waals surface area (Å²) >= 11 is 0. The van der Waals surface area contributed by atoms with Crippen LogP contribution in [0.4, 0.5) is 0 Å². The molecule has 5 nitrogen and oxygen atoms in total. The highest BCUT2D eigenvalue weighted by Gasteiger charge is 2.24. The van der Waals surface area contributed by atoms with Gasteiger partial charge in [0.25, 0.3) is 0 Å². The molecule has 17 heavy (non-hydrogen) atoms. The van der Waals surface area contributed by atoms with Gasteiger partial charge in [-0.05, 0) is 19.9 Å². The highest BCUT2D eigenvalue weighted by atomic mass is 16.5. The van der Waals surface area contributed by atoms with Crippen molar-refractivity contribution in [2.45, 2.75) is 13.8 Å². The van der Waals surface area contributed by atoms with Crippen LogP contribution in [-0.4, -0.2) is 24.9 Å². The molecule has 0 atom stereocenters. The van der Waals surface area contributed by atoms with E-state index in [9.17, 15) is 0 Å². The van der Waals surface area contributed by atoms with E-state index in [1.807, 2.05) is 13.8 Å². The van der Waals surface area contributed by atoms with Crippen molar-refractivity contribution in [1.82, 2.24) is 0 Å². The molecule has 1 aromatic rings. The van der Waals surface area contributed by atoms with Crippen LogP contribution in [0.3, 0.4) is 0 Å². The maximum absolute atomic E-state index is 7.76. The predicted octanol–water partition coefficient (Wildman–Crippen LogP) is 1.53. The lowest BCUT2D eigenvalue weighted by Crippen LogP contribution is -2.11. The summed E-state index contributed by atoms with van der Waals surface area (Å²) in [6, 6.07) is 3.57. The Hall–Kier alpha value is -2.04. The zero-order chi connectivity index (χ0) is 12.4. The lowest BCUT2D eigenvalue weighted by atomic mass is 10.1. The van der Waals surface area contributed by atoms with Crippen molar-refractivity contribution < 1.29 is 9.47 Å². The van der Waals surface area contributed by atoms with Gasteiger partial charge in [-0.3, -0.25) is 5.41 Å². The van der Waals surface area contributed by atoms with Gasteiger partial charge in [0.05, 0.1) is 18.8 Å². The number of benzene rings is 1. The molecular formula is C12H15N3O2. The zero-order valence-electron chi connectivity index (χ0n) is 9.91. The van der Waals surface area contributed by atoms with Crippen molar-refractivity contribution in [3.63, 3.8) is 0 Å². The monoisotopic (exact) mass is 233 g/mol. The fraction of sp³-hybridized carbons (Fsp3) is 0.333. The standard InChI is InChI=1S/C12H15N3O2/c1-3-16-7-5-8-10(9(6-7)17-4-2)12(14)15-11(8)13/h5-6H,3-4H2,1-2H3,(H3,13,14,15). The lowest BCUT2D eigenvalue weighted by molar-refractivity contribution is 0.322. The molecule has 2 rings (SSSR count). The molecule has 1 aliphatic heterocycles. The van der Waals surface area contributed by atoms with Crippen LogP contribution >= 0.6 is 0 Å². The summed E-state index contributed by atoms with van der Waals surface area (Å²) in [6.07, 6.45) is 0. The number of fused-ring (bicyclic) bond motifs is 1. The van der Waals surface area contributed by atoms with E-state index in [-0.39, 0.29) is 5.84 Å². The van der Waals surface area contributed by atoms with Crippen molar-refractivity contribution >= 4 is 11.7 Å². The van der Waals surface area contributed by atoms with Gasteiger partial charge in [-0.1, -0.05) is 0 Å². The first-order valence-electron chi connectivity index (χ1n) is 5.54. The average molecular weight is 233 g/mol. The summed E-state index contributed by atoms with van der Waals surface area (Å²) in [7, 11) is 0. The Morgan fingerprint density at radius 1 is 1.24 bits per heavy atom. The molecule has 0 aromatic heterocycles. The van der Waals surface area contributed by atoms with Crippen LogP contribution in [-0.2, 0) is 0 Å². The van der Waals surface area contributed by atoms with E-state index in [1.165, 1.54) is 0 Å². The van der Waals surface area contributed by atoms with Crippen molar-refractivity contribution in [2.75, 3.05) is 13.2 Å². The Bertz CT molecular complexity index is 495. The number of rotatable bonds is 4. The van der Waals surface area contributed by atoms with Gasteiger partial charge in [0.15, 0.2) is 5.84 Å². The van der Waals surface area contributed by atoms with Gasteiger partial charge < -0.3 is 15.2 Å². The third kappa shape index (κ3) is 1.95. The first kappa shape index (κ1) is 11.4. The van der Waals surface area contributed by atoms with Crippen LogP contribution in [0.15, 0.2) is 17.1 Å².